The largest absolute Gasteiger partial charge is 0.347 e. The van der Waals surface area contributed by atoms with Crippen molar-refractivity contribution in [3.05, 3.63) is 35.4 Å². The van der Waals surface area contributed by atoms with Crippen LogP contribution in [0.5, 0.6) is 0 Å². The number of fused-ring (bicyclic) bond motifs is 1. The molecule has 1 aliphatic carbocycles. The molecule has 20 heavy (non-hydrogen) atoms. The van der Waals surface area contributed by atoms with E-state index in [1.165, 1.54) is 43.2 Å². The van der Waals surface area contributed by atoms with Gasteiger partial charge in [-0.2, -0.15) is 0 Å². The van der Waals surface area contributed by atoms with Crippen LogP contribution in [0.3, 0.4) is 0 Å². The Labute approximate surface area is 127 Å². The average molecular weight is 298 g/mol. The second kappa shape index (κ2) is 7.99. The van der Waals surface area contributed by atoms with Crippen LogP contribution in [-0.4, -0.2) is 18.9 Å². The smallest absolute Gasteiger partial charge is 0.170 e. The van der Waals surface area contributed by atoms with E-state index in [4.69, 9.17) is 9.47 Å². The molecule has 0 unspecified atom stereocenters. The molecule has 4 heteroatoms. The van der Waals surface area contributed by atoms with Crippen molar-refractivity contribution >= 4 is 12.4 Å². The van der Waals surface area contributed by atoms with Crippen molar-refractivity contribution in [1.82, 2.24) is 5.32 Å². The highest BCUT2D eigenvalue weighted by atomic mass is 35.5. The summed E-state index contributed by atoms with van der Waals surface area (Å²) in [6, 6.07) is 9.02. The first-order valence-corrected chi connectivity index (χ1v) is 7.45. The van der Waals surface area contributed by atoms with Gasteiger partial charge in [0, 0.05) is 12.6 Å². The summed E-state index contributed by atoms with van der Waals surface area (Å²) in [5.74, 6) is 0. The molecular formula is C16H24ClNO2. The number of nitrogens with one attached hydrogen (secondary N) is 1. The van der Waals surface area contributed by atoms with Gasteiger partial charge in [0.2, 0.25) is 0 Å². The van der Waals surface area contributed by atoms with Crippen molar-refractivity contribution in [2.24, 2.45) is 0 Å². The zero-order valence-corrected chi connectivity index (χ0v) is 12.7. The minimum Gasteiger partial charge on any atom is -0.347 e. The molecule has 1 aliphatic heterocycles. The van der Waals surface area contributed by atoms with Crippen LogP contribution in [0.15, 0.2) is 24.3 Å². The van der Waals surface area contributed by atoms with E-state index in [9.17, 15) is 0 Å². The van der Waals surface area contributed by atoms with Gasteiger partial charge in [0.15, 0.2) is 6.29 Å². The second-order valence-electron chi connectivity index (χ2n) is 5.56. The molecule has 1 heterocycles. The molecule has 1 fully saturated rings. The van der Waals surface area contributed by atoms with Gasteiger partial charge in [0.05, 0.1) is 13.2 Å². The molecule has 2 aliphatic rings. The molecule has 0 saturated heterocycles. The summed E-state index contributed by atoms with van der Waals surface area (Å²) in [7, 11) is 0. The lowest BCUT2D eigenvalue weighted by Gasteiger charge is -2.25. The van der Waals surface area contributed by atoms with Crippen LogP contribution in [0.1, 0.15) is 43.2 Å². The summed E-state index contributed by atoms with van der Waals surface area (Å²) >= 11 is 0. The Hall–Kier alpha value is -0.610. The van der Waals surface area contributed by atoms with E-state index >= 15 is 0 Å². The molecule has 0 aromatic heterocycles. The van der Waals surface area contributed by atoms with E-state index in [2.05, 4.69) is 29.6 Å². The van der Waals surface area contributed by atoms with E-state index in [0.29, 0.717) is 19.3 Å². The predicted octanol–water partition coefficient (Wildman–Crippen LogP) is 3.40. The summed E-state index contributed by atoms with van der Waals surface area (Å²) in [4.78, 5) is 0. The monoisotopic (exact) mass is 297 g/mol. The molecule has 1 aromatic rings. The molecule has 0 atom stereocenters. The molecule has 112 valence electrons. The quantitative estimate of drug-likeness (QED) is 0.927. The van der Waals surface area contributed by atoms with Gasteiger partial charge in [-0.3, -0.25) is 0 Å². The third-order valence-electron chi connectivity index (χ3n) is 4.15. The molecule has 1 saturated carbocycles. The molecule has 0 spiro atoms. The van der Waals surface area contributed by atoms with Gasteiger partial charge in [-0.1, -0.05) is 43.5 Å². The van der Waals surface area contributed by atoms with E-state index < -0.39 is 0 Å². The fourth-order valence-corrected chi connectivity index (χ4v) is 2.94. The van der Waals surface area contributed by atoms with Crippen molar-refractivity contribution in [1.29, 1.82) is 0 Å². The SMILES string of the molecule is Cl.c1ccc2c(c1)COC(CNC1CCCCC1)OC2. The third-order valence-corrected chi connectivity index (χ3v) is 4.15. The van der Waals surface area contributed by atoms with Crippen LogP contribution in [0.4, 0.5) is 0 Å². The Morgan fingerprint density at radius 3 is 2.15 bits per heavy atom. The molecule has 0 amide bonds. The van der Waals surface area contributed by atoms with Crippen LogP contribution in [0, 0.1) is 0 Å². The molecule has 1 aromatic carbocycles. The Bertz CT molecular complexity index is 380. The maximum atomic E-state index is 5.84. The van der Waals surface area contributed by atoms with Crippen molar-refractivity contribution in [3.8, 4) is 0 Å². The van der Waals surface area contributed by atoms with Gasteiger partial charge in [-0.05, 0) is 24.0 Å². The van der Waals surface area contributed by atoms with Gasteiger partial charge < -0.3 is 14.8 Å². The number of hydrogen-bond acceptors (Lipinski definition) is 3. The fourth-order valence-electron chi connectivity index (χ4n) is 2.94. The Morgan fingerprint density at radius 1 is 0.950 bits per heavy atom. The van der Waals surface area contributed by atoms with E-state index in [0.717, 1.165) is 6.54 Å². The van der Waals surface area contributed by atoms with Crippen molar-refractivity contribution in [2.45, 2.75) is 57.6 Å². The highest BCUT2D eigenvalue weighted by Gasteiger charge is 2.19. The first kappa shape index (κ1) is 15.8. The molecule has 3 nitrogen and oxygen atoms in total. The minimum absolute atomic E-state index is 0. The Kier molecular flexibility index (Phi) is 6.30. The summed E-state index contributed by atoms with van der Waals surface area (Å²) in [6.07, 6.45) is 6.59. The van der Waals surface area contributed by atoms with Crippen LogP contribution in [-0.2, 0) is 22.7 Å². The Balaban J connectivity index is 0.00000147. The van der Waals surface area contributed by atoms with E-state index in [1.807, 2.05) is 0 Å². The minimum atomic E-state index is -0.116. The lowest BCUT2D eigenvalue weighted by atomic mass is 9.95. The predicted molar refractivity (Wildman–Crippen MR) is 81.9 cm³/mol. The van der Waals surface area contributed by atoms with Crippen LogP contribution < -0.4 is 5.32 Å². The summed E-state index contributed by atoms with van der Waals surface area (Å²) in [6.45, 7) is 2.12. The maximum Gasteiger partial charge on any atom is 0.170 e. The summed E-state index contributed by atoms with van der Waals surface area (Å²) in [5, 5.41) is 3.60. The third kappa shape index (κ3) is 4.19. The van der Waals surface area contributed by atoms with Gasteiger partial charge >= 0.3 is 0 Å². The first-order valence-electron chi connectivity index (χ1n) is 7.45. The Morgan fingerprint density at radius 2 is 1.55 bits per heavy atom. The summed E-state index contributed by atoms with van der Waals surface area (Å²) in [5.41, 5.74) is 2.50. The lowest BCUT2D eigenvalue weighted by molar-refractivity contribution is -0.146. The molecule has 1 N–H and O–H groups in total. The molecule has 3 rings (SSSR count). The van der Waals surface area contributed by atoms with E-state index in [1.54, 1.807) is 0 Å². The maximum absolute atomic E-state index is 5.84. The topological polar surface area (TPSA) is 30.5 Å². The van der Waals surface area contributed by atoms with Gasteiger partial charge in [-0.15, -0.1) is 12.4 Å². The molecule has 0 radical (unpaired) electrons. The van der Waals surface area contributed by atoms with Gasteiger partial charge in [-0.25, -0.2) is 0 Å². The second-order valence-corrected chi connectivity index (χ2v) is 5.56. The standard InChI is InChI=1S/C16H23NO2.ClH/c1-2-8-15(9-3-1)17-10-16-18-11-13-6-4-5-7-14(13)12-19-16;/h4-7,15-17H,1-3,8-12H2;1H. The molecular weight excluding hydrogens is 274 g/mol. The molecule has 0 bridgehead atoms. The van der Waals surface area contributed by atoms with Crippen LogP contribution in [0.2, 0.25) is 0 Å². The van der Waals surface area contributed by atoms with Crippen LogP contribution in [0.25, 0.3) is 0 Å². The summed E-state index contributed by atoms with van der Waals surface area (Å²) < 4.78 is 11.7. The van der Waals surface area contributed by atoms with Crippen molar-refractivity contribution < 1.29 is 9.47 Å². The highest BCUT2D eigenvalue weighted by molar-refractivity contribution is 5.85. The van der Waals surface area contributed by atoms with Crippen molar-refractivity contribution in [3.63, 3.8) is 0 Å². The number of rotatable bonds is 3. The zero-order valence-electron chi connectivity index (χ0n) is 11.8. The van der Waals surface area contributed by atoms with Crippen molar-refractivity contribution in [2.75, 3.05) is 6.54 Å². The van der Waals surface area contributed by atoms with Gasteiger partial charge in [0.25, 0.3) is 0 Å². The number of benzene rings is 1. The highest BCUT2D eigenvalue weighted by Crippen LogP contribution is 2.19. The number of ether oxygens (including phenoxy) is 2. The van der Waals surface area contributed by atoms with Gasteiger partial charge in [0.1, 0.15) is 0 Å². The number of hydrogen-bond donors (Lipinski definition) is 1. The normalized spacial score (nSPS) is 20.8. The van der Waals surface area contributed by atoms with E-state index in [-0.39, 0.29) is 18.7 Å². The average Bonchev–Trinajstić information content (AvgIpc) is 2.69. The lowest BCUT2D eigenvalue weighted by Crippen LogP contribution is -2.38. The van der Waals surface area contributed by atoms with Crippen LogP contribution >= 0.6 is 12.4 Å². The zero-order chi connectivity index (χ0) is 12.9. The fraction of sp³-hybridized carbons (Fsp3) is 0.625. The number of halogens is 1. The first-order chi connectivity index (χ1) is 9.42.